The number of hydrogen-bond donors (Lipinski definition) is 0. The van der Waals surface area contributed by atoms with Crippen LogP contribution in [-0.2, 0) is 4.79 Å². The van der Waals surface area contributed by atoms with Gasteiger partial charge in [0.2, 0.25) is 5.91 Å². The highest BCUT2D eigenvalue weighted by molar-refractivity contribution is 8.00. The third-order valence-corrected chi connectivity index (χ3v) is 6.48. The van der Waals surface area contributed by atoms with Gasteiger partial charge in [-0.3, -0.25) is 9.59 Å². The lowest BCUT2D eigenvalue weighted by atomic mass is 10.0. The lowest BCUT2D eigenvalue weighted by Crippen LogP contribution is -2.53. The van der Waals surface area contributed by atoms with Crippen LogP contribution >= 0.6 is 23.4 Å². The molecule has 0 unspecified atom stereocenters. The number of halogens is 1. The van der Waals surface area contributed by atoms with Crippen LogP contribution in [-0.4, -0.2) is 51.9 Å². The van der Waals surface area contributed by atoms with Gasteiger partial charge in [0.05, 0.1) is 4.87 Å². The summed E-state index contributed by atoms with van der Waals surface area (Å²) in [7, 11) is 0. The van der Waals surface area contributed by atoms with Crippen molar-refractivity contribution in [2.45, 2.75) is 31.1 Å². The molecule has 2 aliphatic rings. The van der Waals surface area contributed by atoms with E-state index in [0.717, 1.165) is 38.2 Å². The summed E-state index contributed by atoms with van der Waals surface area (Å²) in [6.45, 7) is 4.13. The minimum atomic E-state index is -0.163. The van der Waals surface area contributed by atoms with Crippen LogP contribution in [0.1, 0.15) is 36.5 Å². The van der Waals surface area contributed by atoms with Crippen molar-refractivity contribution in [3.63, 3.8) is 0 Å². The molecule has 0 aromatic heterocycles. The number of amides is 2. The summed E-state index contributed by atoms with van der Waals surface area (Å²) in [5.41, 5.74) is 0.645. The summed E-state index contributed by atoms with van der Waals surface area (Å²) in [5.74, 6) is 1.21. The number of nitrogens with zero attached hydrogens (tertiary/aromatic N) is 2. The van der Waals surface area contributed by atoms with Crippen LogP contribution in [0.2, 0.25) is 5.02 Å². The Balaban J connectivity index is 1.76. The molecule has 6 heteroatoms. The van der Waals surface area contributed by atoms with Crippen molar-refractivity contribution in [1.82, 2.24) is 9.80 Å². The number of thioether (sulfide) groups is 1. The molecule has 0 aliphatic carbocycles. The van der Waals surface area contributed by atoms with E-state index in [0.29, 0.717) is 17.0 Å². The standard InChI is InChI=1S/C17H21ClN2O2S/c1-2-15(21)19-8-6-17(7-9-19)20(10-11-23-17)16(22)13-4-3-5-14(18)12-13/h3-5,12H,2,6-11H2,1H3. The lowest BCUT2D eigenvalue weighted by molar-refractivity contribution is -0.132. The summed E-state index contributed by atoms with van der Waals surface area (Å²) >= 11 is 7.88. The molecule has 2 fully saturated rings. The molecule has 124 valence electrons. The van der Waals surface area contributed by atoms with Crippen LogP contribution in [0.4, 0.5) is 0 Å². The lowest BCUT2D eigenvalue weighted by Gasteiger charge is -2.44. The number of carbonyl (C=O) groups is 2. The topological polar surface area (TPSA) is 40.6 Å². The zero-order chi connectivity index (χ0) is 16.4. The van der Waals surface area contributed by atoms with Gasteiger partial charge >= 0.3 is 0 Å². The summed E-state index contributed by atoms with van der Waals surface area (Å²) in [5, 5.41) is 0.583. The monoisotopic (exact) mass is 352 g/mol. The van der Waals surface area contributed by atoms with Crippen molar-refractivity contribution >= 4 is 35.2 Å². The fourth-order valence-corrected chi connectivity index (χ4v) is 5.06. The van der Waals surface area contributed by atoms with Gasteiger partial charge in [-0.25, -0.2) is 0 Å². The number of carbonyl (C=O) groups excluding carboxylic acids is 2. The zero-order valence-electron chi connectivity index (χ0n) is 13.3. The third-order valence-electron chi connectivity index (χ3n) is 4.69. The van der Waals surface area contributed by atoms with Gasteiger partial charge in [0.1, 0.15) is 0 Å². The Morgan fingerprint density at radius 2 is 2.00 bits per heavy atom. The maximum absolute atomic E-state index is 12.9. The van der Waals surface area contributed by atoms with Crippen molar-refractivity contribution in [1.29, 1.82) is 0 Å². The highest BCUT2D eigenvalue weighted by Crippen LogP contribution is 2.44. The first-order valence-corrected chi connectivity index (χ1v) is 9.41. The minimum Gasteiger partial charge on any atom is -0.342 e. The van der Waals surface area contributed by atoms with Crippen LogP contribution in [0.15, 0.2) is 24.3 Å². The highest BCUT2D eigenvalue weighted by Gasteiger charge is 2.46. The second-order valence-electron chi connectivity index (χ2n) is 6.00. The predicted molar refractivity (Wildman–Crippen MR) is 93.8 cm³/mol. The summed E-state index contributed by atoms with van der Waals surface area (Å²) in [4.78, 5) is 28.5. The van der Waals surface area contributed by atoms with Crippen LogP contribution in [0.5, 0.6) is 0 Å². The van der Waals surface area contributed by atoms with Crippen molar-refractivity contribution in [2.24, 2.45) is 0 Å². The number of benzene rings is 1. The molecule has 2 heterocycles. The van der Waals surface area contributed by atoms with Crippen molar-refractivity contribution in [2.75, 3.05) is 25.4 Å². The molecule has 4 nitrogen and oxygen atoms in total. The van der Waals surface area contributed by atoms with Gasteiger partial charge in [0, 0.05) is 42.4 Å². The molecule has 1 aromatic carbocycles. The van der Waals surface area contributed by atoms with E-state index in [4.69, 9.17) is 11.6 Å². The average molecular weight is 353 g/mol. The summed E-state index contributed by atoms with van der Waals surface area (Å²) in [6, 6.07) is 7.15. The molecule has 0 saturated carbocycles. The van der Waals surface area contributed by atoms with E-state index < -0.39 is 0 Å². The maximum atomic E-state index is 12.9. The molecule has 0 bridgehead atoms. The fraction of sp³-hybridized carbons (Fsp3) is 0.529. The Bertz CT molecular complexity index is 614. The van der Waals surface area contributed by atoms with E-state index in [1.165, 1.54) is 0 Å². The molecule has 2 aliphatic heterocycles. The number of rotatable bonds is 2. The summed E-state index contributed by atoms with van der Waals surface area (Å²) < 4.78 is 0. The Hall–Kier alpha value is -1.20. The molecule has 1 aromatic rings. The van der Waals surface area contributed by atoms with Crippen LogP contribution in [0, 0.1) is 0 Å². The zero-order valence-corrected chi connectivity index (χ0v) is 14.8. The second kappa shape index (κ2) is 6.73. The van der Waals surface area contributed by atoms with Gasteiger partial charge in [0.15, 0.2) is 0 Å². The molecule has 1 spiro atoms. The first-order chi connectivity index (χ1) is 11.1. The molecule has 0 N–H and O–H groups in total. The second-order valence-corrected chi connectivity index (χ2v) is 7.89. The van der Waals surface area contributed by atoms with Gasteiger partial charge in [0.25, 0.3) is 5.91 Å². The van der Waals surface area contributed by atoms with Crippen molar-refractivity contribution in [3.8, 4) is 0 Å². The van der Waals surface area contributed by atoms with E-state index in [9.17, 15) is 9.59 Å². The number of likely N-dealkylation sites (tertiary alicyclic amines) is 1. The van der Waals surface area contributed by atoms with Crippen LogP contribution < -0.4 is 0 Å². The normalized spacial score (nSPS) is 20.1. The fourth-order valence-electron chi connectivity index (χ4n) is 3.42. The van der Waals surface area contributed by atoms with Gasteiger partial charge in [-0.2, -0.15) is 0 Å². The first kappa shape index (κ1) is 16.7. The predicted octanol–water partition coefficient (Wildman–Crippen LogP) is 3.26. The SMILES string of the molecule is CCC(=O)N1CCC2(CC1)SCCN2C(=O)c1cccc(Cl)c1. The average Bonchev–Trinajstić information content (AvgIpc) is 2.97. The Labute approximate surface area is 146 Å². The number of piperidine rings is 1. The molecule has 2 amide bonds. The van der Waals surface area contributed by atoms with Gasteiger partial charge in [-0.05, 0) is 31.0 Å². The van der Waals surface area contributed by atoms with Crippen LogP contribution in [0.25, 0.3) is 0 Å². The van der Waals surface area contributed by atoms with Crippen molar-refractivity contribution in [3.05, 3.63) is 34.9 Å². The third kappa shape index (κ3) is 3.22. The van der Waals surface area contributed by atoms with E-state index in [1.807, 2.05) is 40.6 Å². The van der Waals surface area contributed by atoms with Gasteiger partial charge < -0.3 is 9.80 Å². The molecule has 3 rings (SSSR count). The molecule has 0 atom stereocenters. The van der Waals surface area contributed by atoms with E-state index in [-0.39, 0.29) is 16.7 Å². The summed E-state index contributed by atoms with van der Waals surface area (Å²) in [6.07, 6.45) is 2.23. The van der Waals surface area contributed by atoms with E-state index in [2.05, 4.69) is 0 Å². The Morgan fingerprint density at radius 1 is 1.26 bits per heavy atom. The largest absolute Gasteiger partial charge is 0.342 e. The molecular formula is C17H21ClN2O2S. The molecule has 23 heavy (non-hydrogen) atoms. The van der Waals surface area contributed by atoms with Crippen molar-refractivity contribution < 1.29 is 9.59 Å². The maximum Gasteiger partial charge on any atom is 0.255 e. The Kier molecular flexibility index (Phi) is 4.87. The van der Waals surface area contributed by atoms with Gasteiger partial charge in [-0.1, -0.05) is 24.6 Å². The van der Waals surface area contributed by atoms with Gasteiger partial charge in [-0.15, -0.1) is 11.8 Å². The molecule has 2 saturated heterocycles. The van der Waals surface area contributed by atoms with Crippen LogP contribution in [0.3, 0.4) is 0 Å². The quantitative estimate of drug-likeness (QED) is 0.820. The smallest absolute Gasteiger partial charge is 0.255 e. The molecular weight excluding hydrogens is 332 g/mol. The highest BCUT2D eigenvalue weighted by atomic mass is 35.5. The first-order valence-electron chi connectivity index (χ1n) is 8.05. The van der Waals surface area contributed by atoms with E-state index in [1.54, 1.807) is 12.1 Å². The number of hydrogen-bond acceptors (Lipinski definition) is 3. The van der Waals surface area contributed by atoms with E-state index >= 15 is 0 Å². The Morgan fingerprint density at radius 3 is 2.65 bits per heavy atom. The minimum absolute atomic E-state index is 0.0489. The molecule has 0 radical (unpaired) electrons.